The minimum atomic E-state index is -0.403. The molecule has 0 unspecified atom stereocenters. The van der Waals surface area contributed by atoms with E-state index in [2.05, 4.69) is 6.92 Å². The van der Waals surface area contributed by atoms with Gasteiger partial charge in [-0.3, -0.25) is 0 Å². The van der Waals surface area contributed by atoms with Gasteiger partial charge in [0.2, 0.25) is 0 Å². The van der Waals surface area contributed by atoms with Crippen LogP contribution in [0, 0.1) is 0 Å². The third-order valence-corrected chi connectivity index (χ3v) is 4.75. The molecule has 1 aromatic rings. The molecule has 88 valence electrons. The van der Waals surface area contributed by atoms with Crippen molar-refractivity contribution in [2.45, 2.75) is 24.2 Å². The molecule has 0 saturated heterocycles. The fourth-order valence-corrected chi connectivity index (χ4v) is 3.71. The molecule has 16 heavy (non-hydrogen) atoms. The van der Waals surface area contributed by atoms with Crippen molar-refractivity contribution in [3.05, 3.63) is 33.6 Å². The van der Waals surface area contributed by atoms with Crippen LogP contribution in [-0.4, -0.2) is 33.1 Å². The Kier molecular flexibility index (Phi) is 6.37. The zero-order valence-electron chi connectivity index (χ0n) is 9.77. The Morgan fingerprint density at radius 1 is 1.44 bits per heavy atom. The molecule has 0 aromatic heterocycles. The van der Waals surface area contributed by atoms with Gasteiger partial charge in [0, 0.05) is 0 Å². The molecule has 0 radical (unpaired) electrons. The molecule has 0 aliphatic carbocycles. The van der Waals surface area contributed by atoms with Crippen molar-refractivity contribution in [3.8, 4) is 5.75 Å². The molecule has 0 amide bonds. The predicted octanol–water partition coefficient (Wildman–Crippen LogP) is 3.47. The zero-order valence-corrected chi connectivity index (χ0v) is 12.1. The number of rotatable bonds is 6. The van der Waals surface area contributed by atoms with Crippen LogP contribution >= 0.6 is 0 Å². The summed E-state index contributed by atoms with van der Waals surface area (Å²) in [5.41, 5.74) is 0.962. The Balaban J connectivity index is 2.65. The monoisotopic (exact) mass is 336 g/mol. The molecule has 0 atom stereocenters. The zero-order chi connectivity index (χ0) is 11.8. The van der Waals surface area contributed by atoms with Crippen LogP contribution in [0.2, 0.25) is 4.47 Å². The van der Waals surface area contributed by atoms with E-state index in [0.717, 1.165) is 11.3 Å². The number of aliphatic hydroxyl groups is 1. The predicted molar refractivity (Wildman–Crippen MR) is 69.1 cm³/mol. The molecule has 0 spiro atoms. The summed E-state index contributed by atoms with van der Waals surface area (Å²) in [5, 5.41) is 9.81. The second-order valence-corrected chi connectivity index (χ2v) is 6.61. The first kappa shape index (κ1) is 13.4. The summed E-state index contributed by atoms with van der Waals surface area (Å²) < 4.78 is 6.95. The van der Waals surface area contributed by atoms with Gasteiger partial charge in [-0.25, -0.2) is 0 Å². The number of benzene rings is 1. The summed E-state index contributed by atoms with van der Waals surface area (Å²) in [6.45, 7) is 2.17. The summed E-state index contributed by atoms with van der Waals surface area (Å²) >= 11 is -0.403. The fraction of sp³-hybridized carbons (Fsp3) is 0.385. The molecule has 1 rings (SSSR count). The molecule has 3 heteroatoms. The first-order valence-corrected chi connectivity index (χ1v) is 8.25. The van der Waals surface area contributed by atoms with E-state index in [0.29, 0.717) is 3.81 Å². The number of para-hydroxylation sites is 1. The number of unbranched alkanes of at least 4 members (excludes halogenated alkanes) is 1. The van der Waals surface area contributed by atoms with Crippen molar-refractivity contribution in [2.75, 3.05) is 7.11 Å². The Morgan fingerprint density at radius 2 is 2.19 bits per heavy atom. The van der Waals surface area contributed by atoms with E-state index in [9.17, 15) is 5.11 Å². The van der Waals surface area contributed by atoms with Crippen LogP contribution < -0.4 is 4.74 Å². The first-order valence-electron chi connectivity index (χ1n) is 5.44. The molecule has 0 aliphatic rings. The Labute approximate surface area is 107 Å². The van der Waals surface area contributed by atoms with Gasteiger partial charge in [-0.15, -0.1) is 0 Å². The standard InChI is InChI=1S/C13H18O2Te/c1-3-4-9-16-13(14)10-11-7-5-6-8-12(11)15-2/h5-8,10,14H,3-4,9H2,1-2H3/b13-10-. The summed E-state index contributed by atoms with van der Waals surface area (Å²) in [4.78, 5) is 0. The molecule has 2 nitrogen and oxygen atoms in total. The molecule has 0 aliphatic heterocycles. The minimum absolute atomic E-state index is 0.403. The van der Waals surface area contributed by atoms with E-state index in [4.69, 9.17) is 4.74 Å². The van der Waals surface area contributed by atoms with Gasteiger partial charge in [0.1, 0.15) is 0 Å². The molecule has 0 fully saturated rings. The first-order chi connectivity index (χ1) is 7.77. The second kappa shape index (κ2) is 7.59. The van der Waals surface area contributed by atoms with E-state index in [-0.39, 0.29) is 0 Å². The average molecular weight is 334 g/mol. The van der Waals surface area contributed by atoms with E-state index in [1.54, 1.807) is 7.11 Å². The van der Waals surface area contributed by atoms with E-state index < -0.39 is 20.9 Å². The SMILES string of the molecule is CCCC[Te]/C(O)=C\c1ccccc1OC. The van der Waals surface area contributed by atoms with Crippen LogP contribution in [0.4, 0.5) is 0 Å². The van der Waals surface area contributed by atoms with E-state index >= 15 is 0 Å². The van der Waals surface area contributed by atoms with Crippen LogP contribution in [0.15, 0.2) is 28.1 Å². The Morgan fingerprint density at radius 3 is 2.88 bits per heavy atom. The number of ether oxygens (including phenoxy) is 1. The van der Waals surface area contributed by atoms with Gasteiger partial charge < -0.3 is 0 Å². The van der Waals surface area contributed by atoms with Gasteiger partial charge in [-0.1, -0.05) is 0 Å². The topological polar surface area (TPSA) is 29.5 Å². The summed E-state index contributed by atoms with van der Waals surface area (Å²) in [7, 11) is 1.65. The van der Waals surface area contributed by atoms with Gasteiger partial charge >= 0.3 is 108 Å². The van der Waals surface area contributed by atoms with Crippen LogP contribution in [0.1, 0.15) is 25.3 Å². The molecular formula is C13H18O2Te. The van der Waals surface area contributed by atoms with Gasteiger partial charge in [0.15, 0.2) is 0 Å². The van der Waals surface area contributed by atoms with Gasteiger partial charge in [0.05, 0.1) is 0 Å². The number of hydrogen-bond acceptors (Lipinski definition) is 2. The number of hydrogen-bond donors (Lipinski definition) is 1. The van der Waals surface area contributed by atoms with Crippen LogP contribution in [0.3, 0.4) is 0 Å². The summed E-state index contributed by atoms with van der Waals surface area (Å²) in [6, 6.07) is 7.75. The molecular weight excluding hydrogens is 316 g/mol. The molecule has 1 aromatic carbocycles. The summed E-state index contributed by atoms with van der Waals surface area (Å²) in [6.07, 6.45) is 4.26. The van der Waals surface area contributed by atoms with Gasteiger partial charge in [0.25, 0.3) is 0 Å². The Hall–Kier alpha value is -0.650. The van der Waals surface area contributed by atoms with Crippen molar-refractivity contribution in [1.82, 2.24) is 0 Å². The fourth-order valence-electron chi connectivity index (χ4n) is 1.28. The normalized spacial score (nSPS) is 11.5. The van der Waals surface area contributed by atoms with E-state index in [1.165, 1.54) is 17.3 Å². The number of methoxy groups -OCH3 is 1. The number of aliphatic hydroxyl groups excluding tert-OH is 1. The van der Waals surface area contributed by atoms with Crippen molar-refractivity contribution in [1.29, 1.82) is 0 Å². The second-order valence-electron chi connectivity index (χ2n) is 3.43. The van der Waals surface area contributed by atoms with Gasteiger partial charge in [-0.05, 0) is 0 Å². The van der Waals surface area contributed by atoms with Crippen molar-refractivity contribution in [3.63, 3.8) is 0 Å². The maximum absolute atomic E-state index is 9.81. The molecule has 1 N–H and O–H groups in total. The third-order valence-electron chi connectivity index (χ3n) is 2.17. The molecule has 0 saturated carbocycles. The maximum atomic E-state index is 9.81. The molecule has 0 heterocycles. The van der Waals surface area contributed by atoms with Crippen LogP contribution in [0.25, 0.3) is 6.08 Å². The van der Waals surface area contributed by atoms with Crippen molar-refractivity contribution >= 4 is 27.0 Å². The van der Waals surface area contributed by atoms with Crippen molar-refractivity contribution in [2.24, 2.45) is 0 Å². The van der Waals surface area contributed by atoms with Crippen LogP contribution in [-0.2, 0) is 0 Å². The quantitative estimate of drug-likeness (QED) is 0.490. The van der Waals surface area contributed by atoms with Crippen molar-refractivity contribution < 1.29 is 9.84 Å². The van der Waals surface area contributed by atoms with E-state index in [1.807, 2.05) is 30.3 Å². The van der Waals surface area contributed by atoms with Gasteiger partial charge in [-0.2, -0.15) is 0 Å². The molecule has 0 bridgehead atoms. The third kappa shape index (κ3) is 4.47. The summed E-state index contributed by atoms with van der Waals surface area (Å²) in [5.74, 6) is 0.817. The Bertz CT molecular complexity index is 348. The average Bonchev–Trinajstić information content (AvgIpc) is 2.30. The van der Waals surface area contributed by atoms with Crippen LogP contribution in [0.5, 0.6) is 5.75 Å².